The van der Waals surface area contributed by atoms with Crippen LogP contribution in [0.25, 0.3) is 0 Å². The van der Waals surface area contributed by atoms with E-state index in [1.807, 2.05) is 0 Å². The molecule has 1 saturated heterocycles. The molecule has 1 aliphatic rings. The van der Waals surface area contributed by atoms with Gasteiger partial charge in [-0.3, -0.25) is 4.79 Å². The van der Waals surface area contributed by atoms with Crippen molar-refractivity contribution in [3.8, 4) is 0 Å². The van der Waals surface area contributed by atoms with Gasteiger partial charge in [-0.2, -0.15) is 0 Å². The molecule has 0 saturated carbocycles. The molecule has 0 aromatic rings. The monoisotopic (exact) mass is 201 g/mol. The van der Waals surface area contributed by atoms with E-state index in [1.165, 1.54) is 4.90 Å². The summed E-state index contributed by atoms with van der Waals surface area (Å²) in [5.41, 5.74) is 0. The van der Waals surface area contributed by atoms with Gasteiger partial charge in [-0.1, -0.05) is 0 Å². The molecule has 2 atom stereocenters. The van der Waals surface area contributed by atoms with E-state index < -0.39 is 18.1 Å². The minimum absolute atomic E-state index is 0.101. The topological polar surface area (TPSA) is 66.8 Å². The zero-order valence-electron chi connectivity index (χ0n) is 8.40. The van der Waals surface area contributed by atoms with Gasteiger partial charge in [0.25, 0.3) is 0 Å². The third-order valence-electron chi connectivity index (χ3n) is 2.23. The van der Waals surface area contributed by atoms with E-state index in [0.29, 0.717) is 6.61 Å². The molecule has 1 heterocycles. The molecule has 1 amide bonds. The van der Waals surface area contributed by atoms with E-state index in [-0.39, 0.29) is 18.9 Å². The number of carbonyl (C=O) groups excluding carboxylic acids is 2. The van der Waals surface area contributed by atoms with Crippen LogP contribution in [0.4, 0.5) is 0 Å². The van der Waals surface area contributed by atoms with Crippen LogP contribution in [0.3, 0.4) is 0 Å². The summed E-state index contributed by atoms with van der Waals surface area (Å²) in [7, 11) is 0. The minimum atomic E-state index is -0.653. The quantitative estimate of drug-likeness (QED) is 0.627. The molecule has 1 aliphatic heterocycles. The number of ether oxygens (including phenoxy) is 1. The summed E-state index contributed by atoms with van der Waals surface area (Å²) in [5.74, 6) is -0.618. The number of rotatable bonds is 3. The molecule has 0 aliphatic carbocycles. The zero-order chi connectivity index (χ0) is 10.7. The largest absolute Gasteiger partial charge is 0.464 e. The van der Waals surface area contributed by atoms with Gasteiger partial charge in [0.15, 0.2) is 0 Å². The number of aliphatic hydroxyl groups is 1. The lowest BCUT2D eigenvalue weighted by Crippen LogP contribution is -2.41. The van der Waals surface area contributed by atoms with Gasteiger partial charge in [0.05, 0.1) is 19.1 Å². The Morgan fingerprint density at radius 3 is 2.86 bits per heavy atom. The van der Waals surface area contributed by atoms with E-state index in [4.69, 9.17) is 4.74 Å². The standard InChI is InChI=1S/C9H15NO4/c1-3-14-9(13)6(2)10-5-7(11)4-8(10)12/h6-7,11H,3-5H2,1-2H3. The molecule has 5 heteroatoms. The maximum Gasteiger partial charge on any atom is 0.328 e. The summed E-state index contributed by atoms with van der Waals surface area (Å²) in [4.78, 5) is 23.9. The number of aliphatic hydroxyl groups excluding tert-OH is 1. The van der Waals surface area contributed by atoms with Crippen LogP contribution >= 0.6 is 0 Å². The third-order valence-corrected chi connectivity index (χ3v) is 2.23. The van der Waals surface area contributed by atoms with Gasteiger partial charge in [-0.15, -0.1) is 0 Å². The van der Waals surface area contributed by atoms with Crippen LogP contribution in [0, 0.1) is 0 Å². The highest BCUT2D eigenvalue weighted by atomic mass is 16.5. The van der Waals surface area contributed by atoms with Gasteiger partial charge in [0.1, 0.15) is 6.04 Å². The van der Waals surface area contributed by atoms with Crippen LogP contribution in [0.5, 0.6) is 0 Å². The molecular formula is C9H15NO4. The fraction of sp³-hybridized carbons (Fsp3) is 0.778. The highest BCUT2D eigenvalue weighted by molar-refractivity contribution is 5.86. The molecule has 2 unspecified atom stereocenters. The fourth-order valence-electron chi connectivity index (χ4n) is 1.48. The van der Waals surface area contributed by atoms with Crippen LogP contribution < -0.4 is 0 Å². The van der Waals surface area contributed by atoms with E-state index in [2.05, 4.69) is 0 Å². The Morgan fingerprint density at radius 2 is 2.43 bits per heavy atom. The average molecular weight is 201 g/mol. The predicted octanol–water partition coefficient (Wildman–Crippen LogP) is -0.469. The summed E-state index contributed by atoms with van der Waals surface area (Å²) in [6, 6.07) is -0.598. The lowest BCUT2D eigenvalue weighted by atomic mass is 10.3. The molecule has 0 bridgehead atoms. The summed E-state index contributed by atoms with van der Waals surface area (Å²) in [5, 5.41) is 9.22. The van der Waals surface area contributed by atoms with Crippen LogP contribution in [0.15, 0.2) is 0 Å². The summed E-state index contributed by atoms with van der Waals surface area (Å²) >= 11 is 0. The lowest BCUT2D eigenvalue weighted by molar-refractivity contribution is -0.152. The SMILES string of the molecule is CCOC(=O)C(C)N1CC(O)CC1=O. The molecule has 1 fully saturated rings. The van der Waals surface area contributed by atoms with Crippen LogP contribution in [-0.4, -0.2) is 47.2 Å². The molecule has 0 aromatic carbocycles. The zero-order valence-corrected chi connectivity index (χ0v) is 8.40. The van der Waals surface area contributed by atoms with E-state index in [1.54, 1.807) is 13.8 Å². The first-order valence-corrected chi connectivity index (χ1v) is 4.70. The van der Waals surface area contributed by atoms with Crippen molar-refractivity contribution in [1.82, 2.24) is 4.90 Å². The Balaban J connectivity index is 2.56. The highest BCUT2D eigenvalue weighted by Gasteiger charge is 2.34. The predicted molar refractivity (Wildman–Crippen MR) is 48.4 cm³/mol. The number of likely N-dealkylation sites (tertiary alicyclic amines) is 1. The Kier molecular flexibility index (Phi) is 3.46. The Morgan fingerprint density at radius 1 is 1.79 bits per heavy atom. The Labute approximate surface area is 82.6 Å². The normalized spacial score (nSPS) is 23.8. The van der Waals surface area contributed by atoms with Gasteiger partial charge in [0.2, 0.25) is 5.91 Å². The lowest BCUT2D eigenvalue weighted by Gasteiger charge is -2.22. The van der Waals surface area contributed by atoms with E-state index >= 15 is 0 Å². The first-order valence-electron chi connectivity index (χ1n) is 4.70. The number of esters is 1. The fourth-order valence-corrected chi connectivity index (χ4v) is 1.48. The van der Waals surface area contributed by atoms with Gasteiger partial charge in [-0.05, 0) is 13.8 Å². The summed E-state index contributed by atoms with van der Waals surface area (Å²) in [6.45, 7) is 3.84. The van der Waals surface area contributed by atoms with Crippen molar-refractivity contribution in [2.24, 2.45) is 0 Å². The van der Waals surface area contributed by atoms with Gasteiger partial charge < -0.3 is 14.7 Å². The molecule has 5 nitrogen and oxygen atoms in total. The van der Waals surface area contributed by atoms with Crippen molar-refractivity contribution in [3.63, 3.8) is 0 Å². The van der Waals surface area contributed by atoms with Crippen molar-refractivity contribution < 1.29 is 19.4 Å². The molecule has 0 spiro atoms. The number of nitrogens with zero attached hydrogens (tertiary/aromatic N) is 1. The summed E-state index contributed by atoms with van der Waals surface area (Å²) in [6.07, 6.45) is -0.552. The van der Waals surface area contributed by atoms with Crippen molar-refractivity contribution in [2.75, 3.05) is 13.2 Å². The van der Waals surface area contributed by atoms with Crippen LogP contribution in [-0.2, 0) is 14.3 Å². The molecule has 0 radical (unpaired) electrons. The van der Waals surface area contributed by atoms with Crippen molar-refractivity contribution in [3.05, 3.63) is 0 Å². The Hall–Kier alpha value is -1.10. The van der Waals surface area contributed by atoms with Crippen LogP contribution in [0.2, 0.25) is 0 Å². The molecule has 1 rings (SSSR count). The minimum Gasteiger partial charge on any atom is -0.464 e. The molecule has 80 valence electrons. The first kappa shape index (κ1) is 11.0. The number of amides is 1. The summed E-state index contributed by atoms with van der Waals surface area (Å²) < 4.78 is 4.79. The smallest absolute Gasteiger partial charge is 0.328 e. The van der Waals surface area contributed by atoms with Crippen molar-refractivity contribution >= 4 is 11.9 Å². The maximum atomic E-state index is 11.3. The number of β-amino-alcohol motifs (C(OH)–C–C–N with tert-alkyl or cyclic N) is 1. The second kappa shape index (κ2) is 4.41. The first-order chi connectivity index (χ1) is 6.56. The van der Waals surface area contributed by atoms with Crippen molar-refractivity contribution in [2.45, 2.75) is 32.4 Å². The van der Waals surface area contributed by atoms with Gasteiger partial charge >= 0.3 is 5.97 Å². The molecule has 0 aromatic heterocycles. The third kappa shape index (κ3) is 2.23. The van der Waals surface area contributed by atoms with Gasteiger partial charge in [0, 0.05) is 6.54 Å². The Bertz CT molecular complexity index is 241. The average Bonchev–Trinajstić information content (AvgIpc) is 2.44. The number of hydrogen-bond donors (Lipinski definition) is 1. The van der Waals surface area contributed by atoms with Gasteiger partial charge in [-0.25, -0.2) is 4.79 Å². The van der Waals surface area contributed by atoms with E-state index in [0.717, 1.165) is 0 Å². The second-order valence-corrected chi connectivity index (χ2v) is 3.33. The number of carbonyl (C=O) groups is 2. The second-order valence-electron chi connectivity index (χ2n) is 3.33. The molecular weight excluding hydrogens is 186 g/mol. The van der Waals surface area contributed by atoms with Crippen LogP contribution in [0.1, 0.15) is 20.3 Å². The molecule has 1 N–H and O–H groups in total. The molecule has 14 heavy (non-hydrogen) atoms. The number of hydrogen-bond acceptors (Lipinski definition) is 4. The maximum absolute atomic E-state index is 11.3. The van der Waals surface area contributed by atoms with E-state index in [9.17, 15) is 14.7 Å². The van der Waals surface area contributed by atoms with Crippen molar-refractivity contribution in [1.29, 1.82) is 0 Å². The highest BCUT2D eigenvalue weighted by Crippen LogP contribution is 2.14.